The van der Waals surface area contributed by atoms with E-state index >= 15 is 0 Å². The third-order valence-corrected chi connectivity index (χ3v) is 6.63. The summed E-state index contributed by atoms with van der Waals surface area (Å²) in [5.74, 6) is 1.27. The first-order valence-corrected chi connectivity index (χ1v) is 11.2. The minimum absolute atomic E-state index is 0.0403. The third-order valence-electron chi connectivity index (χ3n) is 5.43. The minimum atomic E-state index is -0.0403. The predicted octanol–water partition coefficient (Wildman–Crippen LogP) is 2.77. The zero-order valence-corrected chi connectivity index (χ0v) is 19.0. The van der Waals surface area contributed by atoms with E-state index < -0.39 is 0 Å². The number of nitrogens with one attached hydrogen (secondary N) is 1. The largest absolute Gasteiger partial charge is 0.493 e. The second-order valence-electron chi connectivity index (χ2n) is 7.43. The summed E-state index contributed by atoms with van der Waals surface area (Å²) in [7, 11) is 5.12. The molecular weight excluding hydrogens is 416 g/mol. The first kappa shape index (κ1) is 21.6. The quantitative estimate of drug-likeness (QED) is 0.539. The van der Waals surface area contributed by atoms with Crippen LogP contribution in [-0.4, -0.2) is 74.2 Å². The number of amides is 1. The molecule has 2 aromatic heterocycles. The molecule has 1 aliphatic rings. The standard InChI is InChI=1S/C22H28N4O4S/c1-25-22-16(20(24-25)15-5-6-17(28-2)18(13-15)29-3)14-19(31-22)21(27)23-7-4-8-26-9-11-30-12-10-26/h5-6,13-14H,4,7-12H2,1-3H3,(H,23,27). The summed E-state index contributed by atoms with van der Waals surface area (Å²) in [6.07, 6.45) is 0.926. The summed E-state index contributed by atoms with van der Waals surface area (Å²) < 4.78 is 17.9. The number of morpholine rings is 1. The zero-order valence-electron chi connectivity index (χ0n) is 18.1. The average molecular weight is 445 g/mol. The Balaban J connectivity index is 1.46. The van der Waals surface area contributed by atoms with Gasteiger partial charge in [-0.1, -0.05) is 0 Å². The summed E-state index contributed by atoms with van der Waals surface area (Å²) in [5, 5.41) is 8.67. The number of hydrogen-bond donors (Lipinski definition) is 1. The molecule has 0 radical (unpaired) electrons. The number of carbonyl (C=O) groups excluding carboxylic acids is 1. The highest BCUT2D eigenvalue weighted by Gasteiger charge is 2.19. The number of rotatable bonds is 8. The Morgan fingerprint density at radius 3 is 2.71 bits per heavy atom. The molecule has 3 heterocycles. The van der Waals surface area contributed by atoms with Crippen LogP contribution in [0.4, 0.5) is 0 Å². The Hall–Kier alpha value is -2.62. The molecule has 9 heteroatoms. The van der Waals surface area contributed by atoms with Gasteiger partial charge < -0.3 is 19.5 Å². The van der Waals surface area contributed by atoms with E-state index in [2.05, 4.69) is 15.3 Å². The van der Waals surface area contributed by atoms with E-state index in [-0.39, 0.29) is 5.91 Å². The van der Waals surface area contributed by atoms with Gasteiger partial charge in [0.2, 0.25) is 0 Å². The molecule has 1 aliphatic heterocycles. The molecule has 0 spiro atoms. The van der Waals surface area contributed by atoms with Gasteiger partial charge in [-0.25, -0.2) is 0 Å². The summed E-state index contributed by atoms with van der Waals surface area (Å²) in [6, 6.07) is 7.65. The minimum Gasteiger partial charge on any atom is -0.493 e. The lowest BCUT2D eigenvalue weighted by Gasteiger charge is -2.26. The number of benzene rings is 1. The fourth-order valence-electron chi connectivity index (χ4n) is 3.77. The van der Waals surface area contributed by atoms with Crippen LogP contribution in [0.15, 0.2) is 24.3 Å². The molecule has 4 rings (SSSR count). The fourth-order valence-corrected chi connectivity index (χ4v) is 4.75. The Bertz CT molecular complexity index is 1060. The fraction of sp³-hybridized carbons (Fsp3) is 0.455. The maximum atomic E-state index is 12.7. The van der Waals surface area contributed by atoms with Crippen LogP contribution >= 0.6 is 11.3 Å². The van der Waals surface area contributed by atoms with Gasteiger partial charge in [-0.3, -0.25) is 14.4 Å². The van der Waals surface area contributed by atoms with Crippen molar-refractivity contribution >= 4 is 27.5 Å². The molecular formula is C22H28N4O4S. The molecule has 166 valence electrons. The van der Waals surface area contributed by atoms with Crippen molar-refractivity contribution in [1.29, 1.82) is 0 Å². The first-order valence-electron chi connectivity index (χ1n) is 10.4. The number of fused-ring (bicyclic) bond motifs is 1. The predicted molar refractivity (Wildman–Crippen MR) is 121 cm³/mol. The number of aryl methyl sites for hydroxylation is 1. The van der Waals surface area contributed by atoms with Crippen molar-refractivity contribution in [3.63, 3.8) is 0 Å². The van der Waals surface area contributed by atoms with Gasteiger partial charge in [0.25, 0.3) is 5.91 Å². The van der Waals surface area contributed by atoms with Crippen molar-refractivity contribution < 1.29 is 19.0 Å². The van der Waals surface area contributed by atoms with Gasteiger partial charge in [-0.15, -0.1) is 11.3 Å². The highest BCUT2D eigenvalue weighted by Crippen LogP contribution is 2.37. The van der Waals surface area contributed by atoms with Gasteiger partial charge in [0.1, 0.15) is 10.5 Å². The van der Waals surface area contributed by atoms with E-state index in [0.717, 1.165) is 60.7 Å². The molecule has 0 unspecified atom stereocenters. The van der Waals surface area contributed by atoms with E-state index in [0.29, 0.717) is 22.9 Å². The maximum absolute atomic E-state index is 12.7. The molecule has 3 aromatic rings. The van der Waals surface area contributed by atoms with Crippen LogP contribution in [0.3, 0.4) is 0 Å². The molecule has 0 bridgehead atoms. The van der Waals surface area contributed by atoms with Crippen LogP contribution < -0.4 is 14.8 Å². The molecule has 1 amide bonds. The summed E-state index contributed by atoms with van der Waals surface area (Å²) in [5.41, 5.74) is 1.74. The lowest BCUT2D eigenvalue weighted by atomic mass is 10.1. The van der Waals surface area contributed by atoms with Gasteiger partial charge in [-0.05, 0) is 37.2 Å². The lowest BCUT2D eigenvalue weighted by molar-refractivity contribution is 0.0374. The zero-order chi connectivity index (χ0) is 21.8. The van der Waals surface area contributed by atoms with Gasteiger partial charge in [-0.2, -0.15) is 5.10 Å². The van der Waals surface area contributed by atoms with Crippen molar-refractivity contribution in [2.75, 3.05) is 53.6 Å². The average Bonchev–Trinajstić information content (AvgIpc) is 3.37. The van der Waals surface area contributed by atoms with Gasteiger partial charge in [0, 0.05) is 37.6 Å². The van der Waals surface area contributed by atoms with E-state index in [9.17, 15) is 4.79 Å². The number of carbonyl (C=O) groups is 1. The molecule has 0 saturated carbocycles. The molecule has 8 nitrogen and oxygen atoms in total. The molecule has 0 atom stereocenters. The highest BCUT2D eigenvalue weighted by molar-refractivity contribution is 7.20. The molecule has 31 heavy (non-hydrogen) atoms. The van der Waals surface area contributed by atoms with Crippen LogP contribution in [-0.2, 0) is 11.8 Å². The second-order valence-corrected chi connectivity index (χ2v) is 8.47. The van der Waals surface area contributed by atoms with Crippen LogP contribution in [0, 0.1) is 0 Å². The third kappa shape index (κ3) is 4.68. The molecule has 1 saturated heterocycles. The Morgan fingerprint density at radius 1 is 1.19 bits per heavy atom. The van der Waals surface area contributed by atoms with Crippen molar-refractivity contribution in [3.8, 4) is 22.8 Å². The SMILES string of the molecule is COc1ccc(-c2nn(C)c3sc(C(=O)NCCCN4CCOCC4)cc23)cc1OC. The molecule has 1 N–H and O–H groups in total. The van der Waals surface area contributed by atoms with Crippen LogP contribution in [0.25, 0.3) is 21.5 Å². The lowest BCUT2D eigenvalue weighted by Crippen LogP contribution is -2.38. The number of hydrogen-bond acceptors (Lipinski definition) is 7. The van der Waals surface area contributed by atoms with Crippen LogP contribution in [0.5, 0.6) is 11.5 Å². The van der Waals surface area contributed by atoms with Crippen molar-refractivity contribution in [1.82, 2.24) is 20.0 Å². The van der Waals surface area contributed by atoms with E-state index in [1.165, 1.54) is 11.3 Å². The summed E-state index contributed by atoms with van der Waals surface area (Å²) >= 11 is 1.46. The molecule has 1 aromatic carbocycles. The first-order chi connectivity index (χ1) is 15.1. The number of methoxy groups -OCH3 is 2. The Kier molecular flexibility index (Phi) is 6.74. The maximum Gasteiger partial charge on any atom is 0.261 e. The molecule has 1 fully saturated rings. The number of ether oxygens (including phenoxy) is 3. The van der Waals surface area contributed by atoms with Crippen LogP contribution in [0.2, 0.25) is 0 Å². The Morgan fingerprint density at radius 2 is 1.97 bits per heavy atom. The smallest absolute Gasteiger partial charge is 0.261 e. The Labute approximate surface area is 185 Å². The highest BCUT2D eigenvalue weighted by atomic mass is 32.1. The summed E-state index contributed by atoms with van der Waals surface area (Å²) in [4.78, 5) is 16.7. The number of aromatic nitrogens is 2. The van der Waals surface area contributed by atoms with Crippen LogP contribution in [0.1, 0.15) is 16.1 Å². The number of thiophene rings is 1. The van der Waals surface area contributed by atoms with Gasteiger partial charge in [0.05, 0.1) is 32.3 Å². The van der Waals surface area contributed by atoms with Crippen molar-refractivity contribution in [2.24, 2.45) is 7.05 Å². The summed E-state index contributed by atoms with van der Waals surface area (Å²) in [6.45, 7) is 5.16. The van der Waals surface area contributed by atoms with E-state index in [1.54, 1.807) is 14.2 Å². The van der Waals surface area contributed by atoms with Gasteiger partial charge >= 0.3 is 0 Å². The van der Waals surface area contributed by atoms with Crippen molar-refractivity contribution in [2.45, 2.75) is 6.42 Å². The van der Waals surface area contributed by atoms with E-state index in [4.69, 9.17) is 14.2 Å². The second kappa shape index (κ2) is 9.67. The van der Waals surface area contributed by atoms with Crippen molar-refractivity contribution in [3.05, 3.63) is 29.1 Å². The number of nitrogens with zero attached hydrogens (tertiary/aromatic N) is 3. The topological polar surface area (TPSA) is 77.9 Å². The van der Waals surface area contributed by atoms with E-state index in [1.807, 2.05) is 36.0 Å². The monoisotopic (exact) mass is 444 g/mol. The molecule has 0 aliphatic carbocycles. The normalized spacial score (nSPS) is 14.7. The van der Waals surface area contributed by atoms with Gasteiger partial charge in [0.15, 0.2) is 11.5 Å².